The molecule has 2 aromatic heterocycles. The quantitative estimate of drug-likeness (QED) is 0.421. The Bertz CT molecular complexity index is 902. The van der Waals surface area contributed by atoms with Gasteiger partial charge in [0.2, 0.25) is 0 Å². The Labute approximate surface area is 132 Å². The lowest BCUT2D eigenvalue weighted by Gasteiger charge is -2.12. The number of aryl methyl sites for hydroxylation is 1. The number of aromatic nitrogens is 3. The zero-order chi connectivity index (χ0) is 15.5. The smallest absolute Gasteiger partial charge is 0.267 e. The van der Waals surface area contributed by atoms with E-state index in [-0.39, 0.29) is 5.56 Å². The second-order valence-corrected chi connectivity index (χ2v) is 5.83. The molecule has 0 bridgehead atoms. The number of hydrogen-bond donors (Lipinski definition) is 0. The first-order valence-electron chi connectivity index (χ1n) is 6.89. The third kappa shape index (κ3) is 2.67. The first-order chi connectivity index (χ1) is 10.7. The summed E-state index contributed by atoms with van der Waals surface area (Å²) in [5, 5.41) is 1.22. The Kier molecular flexibility index (Phi) is 4.06. The van der Waals surface area contributed by atoms with E-state index in [1.807, 2.05) is 37.3 Å². The summed E-state index contributed by atoms with van der Waals surface area (Å²) in [4.78, 5) is 21.8. The second kappa shape index (κ2) is 6.15. The largest absolute Gasteiger partial charge is 0.268 e. The summed E-state index contributed by atoms with van der Waals surface area (Å²) in [6, 6.07) is 11.2. The van der Waals surface area contributed by atoms with Crippen LogP contribution in [0.5, 0.6) is 0 Å². The second-order valence-electron chi connectivity index (χ2n) is 4.84. The van der Waals surface area contributed by atoms with E-state index in [0.717, 1.165) is 5.56 Å². The van der Waals surface area contributed by atoms with E-state index < -0.39 is 0 Å². The predicted octanol–water partition coefficient (Wildman–Crippen LogP) is 3.37. The summed E-state index contributed by atoms with van der Waals surface area (Å²) in [6.07, 6.45) is 3.49. The average molecular weight is 309 g/mol. The summed E-state index contributed by atoms with van der Waals surface area (Å²) in [5.74, 6) is 1.27. The Hall–Kier alpha value is -2.40. The molecule has 1 aromatic carbocycles. The molecule has 0 spiro atoms. The Morgan fingerprint density at radius 1 is 1.32 bits per heavy atom. The molecule has 0 aliphatic carbocycles. The van der Waals surface area contributed by atoms with Gasteiger partial charge < -0.3 is 0 Å². The zero-order valence-electron chi connectivity index (χ0n) is 12.2. The molecule has 22 heavy (non-hydrogen) atoms. The van der Waals surface area contributed by atoms with Crippen molar-refractivity contribution in [3.05, 3.63) is 71.2 Å². The summed E-state index contributed by atoms with van der Waals surface area (Å²) in [6.45, 7) is 5.70. The number of rotatable bonds is 4. The average Bonchev–Trinajstić information content (AvgIpc) is 2.53. The fraction of sp³-hybridized carbons (Fsp3) is 0.118. The van der Waals surface area contributed by atoms with Gasteiger partial charge in [-0.05, 0) is 36.8 Å². The molecule has 5 heteroatoms. The summed E-state index contributed by atoms with van der Waals surface area (Å²) in [7, 11) is 0. The molecule has 0 saturated carbocycles. The number of nitrogens with zero attached hydrogens (tertiary/aromatic N) is 3. The van der Waals surface area contributed by atoms with Gasteiger partial charge in [-0.3, -0.25) is 4.79 Å². The molecule has 0 atom stereocenters. The molecule has 0 radical (unpaired) electrons. The topological polar surface area (TPSA) is 47.8 Å². The molecule has 110 valence electrons. The van der Waals surface area contributed by atoms with Crippen LogP contribution in [0, 0.1) is 6.92 Å². The minimum absolute atomic E-state index is 0.102. The lowest BCUT2D eigenvalue weighted by atomic mass is 10.2. The summed E-state index contributed by atoms with van der Waals surface area (Å²) in [5.41, 5.74) is 1.64. The SMILES string of the molecule is C=CCSc1nc2ccccc2c(=O)n1-c1cc(C)ccn1. The minimum Gasteiger partial charge on any atom is -0.268 e. The lowest BCUT2D eigenvalue weighted by Crippen LogP contribution is -2.22. The van der Waals surface area contributed by atoms with Gasteiger partial charge in [0.1, 0.15) is 5.82 Å². The maximum atomic E-state index is 12.9. The van der Waals surface area contributed by atoms with Gasteiger partial charge in [-0.15, -0.1) is 6.58 Å². The number of para-hydroxylation sites is 1. The molecule has 3 rings (SSSR count). The van der Waals surface area contributed by atoms with Crippen molar-refractivity contribution < 1.29 is 0 Å². The fourth-order valence-corrected chi connectivity index (χ4v) is 2.92. The predicted molar refractivity (Wildman–Crippen MR) is 90.8 cm³/mol. The highest BCUT2D eigenvalue weighted by Crippen LogP contribution is 2.20. The molecular formula is C17H15N3OS. The number of pyridine rings is 1. The molecule has 0 fully saturated rings. The zero-order valence-corrected chi connectivity index (χ0v) is 13.0. The van der Waals surface area contributed by atoms with E-state index >= 15 is 0 Å². The maximum absolute atomic E-state index is 12.9. The van der Waals surface area contributed by atoms with Crippen molar-refractivity contribution in [3.63, 3.8) is 0 Å². The van der Waals surface area contributed by atoms with Crippen molar-refractivity contribution in [3.8, 4) is 5.82 Å². The van der Waals surface area contributed by atoms with Crippen LogP contribution < -0.4 is 5.56 Å². The van der Waals surface area contributed by atoms with Crippen molar-refractivity contribution >= 4 is 22.7 Å². The van der Waals surface area contributed by atoms with Crippen LogP contribution in [0.15, 0.2) is 65.2 Å². The fourth-order valence-electron chi connectivity index (χ4n) is 2.19. The van der Waals surface area contributed by atoms with Gasteiger partial charge in [0, 0.05) is 11.9 Å². The molecule has 0 N–H and O–H groups in total. The van der Waals surface area contributed by atoms with Crippen molar-refractivity contribution in [2.24, 2.45) is 0 Å². The van der Waals surface area contributed by atoms with E-state index in [2.05, 4.69) is 16.5 Å². The molecule has 0 aliphatic heterocycles. The third-order valence-electron chi connectivity index (χ3n) is 3.21. The maximum Gasteiger partial charge on any atom is 0.267 e. The highest BCUT2D eigenvalue weighted by molar-refractivity contribution is 7.99. The van der Waals surface area contributed by atoms with Crippen molar-refractivity contribution in [1.82, 2.24) is 14.5 Å². The molecule has 4 nitrogen and oxygen atoms in total. The Morgan fingerprint density at radius 2 is 2.14 bits per heavy atom. The van der Waals surface area contributed by atoms with Crippen LogP contribution in [0.25, 0.3) is 16.7 Å². The van der Waals surface area contributed by atoms with E-state index in [9.17, 15) is 4.79 Å². The van der Waals surface area contributed by atoms with E-state index in [4.69, 9.17) is 0 Å². The van der Waals surface area contributed by atoms with E-state index in [1.54, 1.807) is 22.9 Å². The lowest BCUT2D eigenvalue weighted by molar-refractivity contribution is 0.795. The van der Waals surface area contributed by atoms with Crippen molar-refractivity contribution in [1.29, 1.82) is 0 Å². The van der Waals surface area contributed by atoms with E-state index in [1.165, 1.54) is 11.8 Å². The first kappa shape index (κ1) is 14.5. The van der Waals surface area contributed by atoms with Crippen LogP contribution in [-0.4, -0.2) is 20.3 Å². The molecule has 2 heterocycles. The van der Waals surface area contributed by atoms with Gasteiger partial charge >= 0.3 is 0 Å². The van der Waals surface area contributed by atoms with Crippen molar-refractivity contribution in [2.75, 3.05) is 5.75 Å². The van der Waals surface area contributed by atoms with Gasteiger partial charge in [0.15, 0.2) is 5.16 Å². The normalized spacial score (nSPS) is 10.8. The standard InChI is InChI=1S/C17H15N3OS/c1-3-10-22-17-19-14-7-5-4-6-13(14)16(21)20(17)15-11-12(2)8-9-18-15/h3-9,11H,1,10H2,2H3. The number of fused-ring (bicyclic) bond motifs is 1. The molecular weight excluding hydrogens is 294 g/mol. The Morgan fingerprint density at radius 3 is 2.91 bits per heavy atom. The van der Waals surface area contributed by atoms with Crippen LogP contribution in [-0.2, 0) is 0 Å². The minimum atomic E-state index is -0.102. The van der Waals surface area contributed by atoms with Crippen LogP contribution in [0.1, 0.15) is 5.56 Å². The van der Waals surface area contributed by atoms with Gasteiger partial charge in [-0.25, -0.2) is 14.5 Å². The summed E-state index contributed by atoms with van der Waals surface area (Å²) < 4.78 is 1.57. The third-order valence-corrected chi connectivity index (χ3v) is 4.14. The molecule has 0 saturated heterocycles. The van der Waals surface area contributed by atoms with Crippen LogP contribution in [0.4, 0.5) is 0 Å². The van der Waals surface area contributed by atoms with Gasteiger partial charge in [-0.1, -0.05) is 30.0 Å². The van der Waals surface area contributed by atoms with Gasteiger partial charge in [0.25, 0.3) is 5.56 Å². The monoisotopic (exact) mass is 309 g/mol. The molecule has 3 aromatic rings. The molecule has 0 unspecified atom stereocenters. The van der Waals surface area contributed by atoms with Crippen LogP contribution >= 0.6 is 11.8 Å². The van der Waals surface area contributed by atoms with Crippen molar-refractivity contribution in [2.45, 2.75) is 12.1 Å². The summed E-state index contributed by atoms with van der Waals surface area (Å²) >= 11 is 1.47. The highest BCUT2D eigenvalue weighted by atomic mass is 32.2. The highest BCUT2D eigenvalue weighted by Gasteiger charge is 2.13. The van der Waals surface area contributed by atoms with E-state index in [0.29, 0.717) is 27.6 Å². The number of benzene rings is 1. The Balaban J connectivity index is 2.32. The number of thioether (sulfide) groups is 1. The molecule has 0 amide bonds. The van der Waals surface area contributed by atoms with Crippen LogP contribution in [0.3, 0.4) is 0 Å². The first-order valence-corrected chi connectivity index (χ1v) is 7.88. The molecule has 0 aliphatic rings. The van der Waals surface area contributed by atoms with Crippen LogP contribution in [0.2, 0.25) is 0 Å². The number of hydrogen-bond acceptors (Lipinski definition) is 4. The van der Waals surface area contributed by atoms with Gasteiger partial charge in [0.05, 0.1) is 10.9 Å². The van der Waals surface area contributed by atoms with Gasteiger partial charge in [-0.2, -0.15) is 0 Å².